The standard InChI is InChI=1S/C17H28FNO/c1-7-19-15(10-12(2)17(3,4)5)14-11-13(18)8-9-16(14)20-6/h8-9,11-12,15,19H,7,10H2,1-6H3. The highest BCUT2D eigenvalue weighted by molar-refractivity contribution is 5.36. The van der Waals surface area contributed by atoms with Gasteiger partial charge in [0.25, 0.3) is 0 Å². The van der Waals surface area contributed by atoms with Crippen molar-refractivity contribution in [2.45, 2.75) is 47.1 Å². The largest absolute Gasteiger partial charge is 0.496 e. The minimum atomic E-state index is -0.216. The van der Waals surface area contributed by atoms with Crippen LogP contribution < -0.4 is 10.1 Å². The van der Waals surface area contributed by atoms with Crippen molar-refractivity contribution in [2.24, 2.45) is 11.3 Å². The van der Waals surface area contributed by atoms with E-state index in [-0.39, 0.29) is 17.3 Å². The Hall–Kier alpha value is -1.09. The highest BCUT2D eigenvalue weighted by Crippen LogP contribution is 2.36. The van der Waals surface area contributed by atoms with E-state index in [9.17, 15) is 4.39 Å². The van der Waals surface area contributed by atoms with E-state index in [0.29, 0.717) is 5.92 Å². The molecule has 0 aliphatic carbocycles. The third-order valence-corrected chi connectivity index (χ3v) is 4.09. The summed E-state index contributed by atoms with van der Waals surface area (Å²) in [6, 6.07) is 4.84. The van der Waals surface area contributed by atoms with Gasteiger partial charge in [0.15, 0.2) is 0 Å². The average Bonchev–Trinajstić information content (AvgIpc) is 2.37. The maximum atomic E-state index is 13.6. The summed E-state index contributed by atoms with van der Waals surface area (Å²) in [5.41, 5.74) is 1.14. The molecule has 2 nitrogen and oxygen atoms in total. The van der Waals surface area contributed by atoms with Crippen molar-refractivity contribution in [1.82, 2.24) is 5.32 Å². The van der Waals surface area contributed by atoms with Crippen molar-refractivity contribution in [3.63, 3.8) is 0 Å². The molecule has 0 spiro atoms. The van der Waals surface area contributed by atoms with E-state index in [0.717, 1.165) is 24.3 Å². The first-order chi connectivity index (χ1) is 9.29. The average molecular weight is 281 g/mol. The first kappa shape index (κ1) is 17.0. The van der Waals surface area contributed by atoms with Gasteiger partial charge in [0, 0.05) is 11.6 Å². The number of rotatable bonds is 6. The van der Waals surface area contributed by atoms with Gasteiger partial charge in [-0.2, -0.15) is 0 Å². The molecule has 0 saturated heterocycles. The molecule has 1 N–H and O–H groups in total. The molecule has 3 heteroatoms. The Morgan fingerprint density at radius 1 is 1.30 bits per heavy atom. The van der Waals surface area contributed by atoms with Crippen molar-refractivity contribution in [1.29, 1.82) is 0 Å². The lowest BCUT2D eigenvalue weighted by molar-refractivity contribution is 0.222. The summed E-state index contributed by atoms with van der Waals surface area (Å²) in [6.45, 7) is 11.9. The van der Waals surface area contributed by atoms with Crippen molar-refractivity contribution in [3.8, 4) is 5.75 Å². The Bertz CT molecular complexity index is 425. The molecule has 1 rings (SSSR count). The number of nitrogens with one attached hydrogen (secondary N) is 1. The summed E-state index contributed by atoms with van der Waals surface area (Å²) < 4.78 is 19.0. The zero-order chi connectivity index (χ0) is 15.3. The fraction of sp³-hybridized carbons (Fsp3) is 0.647. The van der Waals surface area contributed by atoms with Crippen LogP contribution in [0.3, 0.4) is 0 Å². The van der Waals surface area contributed by atoms with Gasteiger partial charge in [-0.1, -0.05) is 34.6 Å². The zero-order valence-electron chi connectivity index (χ0n) is 13.6. The number of benzene rings is 1. The van der Waals surface area contributed by atoms with Crippen LogP contribution in [0.25, 0.3) is 0 Å². The number of halogens is 1. The van der Waals surface area contributed by atoms with Crippen molar-refractivity contribution in [2.75, 3.05) is 13.7 Å². The van der Waals surface area contributed by atoms with E-state index < -0.39 is 0 Å². The lowest BCUT2D eigenvalue weighted by atomic mass is 9.77. The molecule has 1 aromatic rings. The summed E-state index contributed by atoms with van der Waals surface area (Å²) in [5, 5.41) is 3.46. The summed E-state index contributed by atoms with van der Waals surface area (Å²) >= 11 is 0. The molecule has 2 atom stereocenters. The molecule has 0 aliphatic heterocycles. The molecule has 0 radical (unpaired) electrons. The van der Waals surface area contributed by atoms with Gasteiger partial charge in [0.2, 0.25) is 0 Å². The smallest absolute Gasteiger partial charge is 0.123 e. The lowest BCUT2D eigenvalue weighted by Crippen LogP contribution is -2.27. The molecule has 0 aromatic heterocycles. The first-order valence-electron chi connectivity index (χ1n) is 7.36. The molecule has 1 aromatic carbocycles. The van der Waals surface area contributed by atoms with Crippen molar-refractivity contribution < 1.29 is 9.13 Å². The second kappa shape index (κ2) is 7.07. The van der Waals surface area contributed by atoms with Crippen LogP contribution in [-0.2, 0) is 0 Å². The van der Waals surface area contributed by atoms with E-state index in [1.165, 1.54) is 6.07 Å². The van der Waals surface area contributed by atoms with Crippen molar-refractivity contribution in [3.05, 3.63) is 29.6 Å². The molecular weight excluding hydrogens is 253 g/mol. The van der Waals surface area contributed by atoms with Gasteiger partial charge in [-0.15, -0.1) is 0 Å². The molecule has 0 heterocycles. The number of ether oxygens (including phenoxy) is 1. The normalized spacial score (nSPS) is 14.9. The lowest BCUT2D eigenvalue weighted by Gasteiger charge is -2.31. The summed E-state index contributed by atoms with van der Waals surface area (Å²) in [5.74, 6) is 1.05. The predicted octanol–water partition coefficient (Wildman–Crippen LogP) is 4.56. The van der Waals surface area contributed by atoms with Gasteiger partial charge < -0.3 is 10.1 Å². The van der Waals surface area contributed by atoms with Gasteiger partial charge in [0.05, 0.1) is 7.11 Å². The van der Waals surface area contributed by atoms with Crippen LogP contribution >= 0.6 is 0 Å². The maximum absolute atomic E-state index is 13.6. The highest BCUT2D eigenvalue weighted by atomic mass is 19.1. The van der Waals surface area contributed by atoms with Crippen molar-refractivity contribution >= 4 is 0 Å². The van der Waals surface area contributed by atoms with Gasteiger partial charge in [-0.05, 0) is 42.5 Å². The van der Waals surface area contributed by atoms with Crippen LogP contribution in [0.5, 0.6) is 5.75 Å². The van der Waals surface area contributed by atoms with Gasteiger partial charge >= 0.3 is 0 Å². The minimum absolute atomic E-state index is 0.111. The van der Waals surface area contributed by atoms with Gasteiger partial charge in [0.1, 0.15) is 11.6 Å². The summed E-state index contributed by atoms with van der Waals surface area (Å²) in [7, 11) is 1.63. The fourth-order valence-electron chi connectivity index (χ4n) is 2.25. The second-order valence-electron chi connectivity index (χ2n) is 6.50. The van der Waals surface area contributed by atoms with Gasteiger partial charge in [-0.25, -0.2) is 4.39 Å². The molecule has 0 fully saturated rings. The molecule has 0 aliphatic rings. The van der Waals surface area contributed by atoms with Crippen LogP contribution in [0, 0.1) is 17.2 Å². The second-order valence-corrected chi connectivity index (χ2v) is 6.50. The molecular formula is C17H28FNO. The predicted molar refractivity (Wildman–Crippen MR) is 82.6 cm³/mol. The quantitative estimate of drug-likeness (QED) is 0.825. The monoisotopic (exact) mass is 281 g/mol. The molecule has 20 heavy (non-hydrogen) atoms. The molecule has 114 valence electrons. The topological polar surface area (TPSA) is 21.3 Å². The number of methoxy groups -OCH3 is 1. The number of hydrogen-bond acceptors (Lipinski definition) is 2. The van der Waals surface area contributed by atoms with Crippen LogP contribution in [0.4, 0.5) is 4.39 Å². The maximum Gasteiger partial charge on any atom is 0.123 e. The third-order valence-electron chi connectivity index (χ3n) is 4.09. The van der Waals surface area contributed by atoms with E-state index >= 15 is 0 Å². The highest BCUT2D eigenvalue weighted by Gasteiger charge is 2.25. The zero-order valence-corrected chi connectivity index (χ0v) is 13.6. The molecule has 0 saturated carbocycles. The summed E-state index contributed by atoms with van der Waals surface area (Å²) in [4.78, 5) is 0. The van der Waals surface area contributed by atoms with E-state index in [1.807, 2.05) is 0 Å². The summed E-state index contributed by atoms with van der Waals surface area (Å²) in [6.07, 6.45) is 0.956. The van der Waals surface area contributed by atoms with E-state index in [4.69, 9.17) is 4.74 Å². The molecule has 0 amide bonds. The van der Waals surface area contributed by atoms with Crippen LogP contribution in [0.1, 0.15) is 52.6 Å². The van der Waals surface area contributed by atoms with Crippen LogP contribution in [0.2, 0.25) is 0 Å². The Balaban J connectivity index is 3.04. The SMILES string of the molecule is CCNC(CC(C)C(C)(C)C)c1cc(F)ccc1OC. The van der Waals surface area contributed by atoms with E-state index in [2.05, 4.69) is 39.9 Å². The third kappa shape index (κ3) is 4.48. The Morgan fingerprint density at radius 2 is 1.95 bits per heavy atom. The molecule has 2 unspecified atom stereocenters. The first-order valence-corrected chi connectivity index (χ1v) is 7.36. The van der Waals surface area contributed by atoms with Crippen LogP contribution in [-0.4, -0.2) is 13.7 Å². The fourth-order valence-corrected chi connectivity index (χ4v) is 2.25. The van der Waals surface area contributed by atoms with E-state index in [1.54, 1.807) is 19.2 Å². The Kier molecular flexibility index (Phi) is 6.00. The minimum Gasteiger partial charge on any atom is -0.496 e. The van der Waals surface area contributed by atoms with Gasteiger partial charge in [-0.3, -0.25) is 0 Å². The Morgan fingerprint density at radius 3 is 2.45 bits per heavy atom. The number of hydrogen-bond donors (Lipinski definition) is 1. The van der Waals surface area contributed by atoms with Crippen LogP contribution in [0.15, 0.2) is 18.2 Å². The molecule has 0 bridgehead atoms. The Labute approximate surface area is 122 Å².